The third-order valence-corrected chi connectivity index (χ3v) is 4.86. The van der Waals surface area contributed by atoms with Gasteiger partial charge in [0.1, 0.15) is 6.04 Å². The molecule has 1 aromatic rings. The highest BCUT2D eigenvalue weighted by Crippen LogP contribution is 2.33. The van der Waals surface area contributed by atoms with Gasteiger partial charge in [0.25, 0.3) is 5.91 Å². The van der Waals surface area contributed by atoms with Crippen molar-refractivity contribution in [2.75, 3.05) is 0 Å². The van der Waals surface area contributed by atoms with E-state index < -0.39 is 12.0 Å². The van der Waals surface area contributed by atoms with Crippen LogP contribution in [0.4, 0.5) is 0 Å². The first-order valence-corrected chi connectivity index (χ1v) is 6.89. The van der Waals surface area contributed by atoms with E-state index in [-0.39, 0.29) is 11.8 Å². The van der Waals surface area contributed by atoms with E-state index in [1.54, 1.807) is 6.07 Å². The summed E-state index contributed by atoms with van der Waals surface area (Å²) in [4.78, 5) is 23.4. The van der Waals surface area contributed by atoms with Crippen LogP contribution in [0.25, 0.3) is 0 Å². The molecule has 0 radical (unpaired) electrons. The van der Waals surface area contributed by atoms with E-state index in [9.17, 15) is 9.59 Å². The van der Waals surface area contributed by atoms with Gasteiger partial charge in [0.15, 0.2) is 0 Å². The van der Waals surface area contributed by atoms with Crippen LogP contribution in [0.5, 0.6) is 0 Å². The van der Waals surface area contributed by atoms with Crippen LogP contribution in [-0.2, 0) is 4.79 Å². The summed E-state index contributed by atoms with van der Waals surface area (Å²) in [6.07, 6.45) is 1.76. The summed E-state index contributed by atoms with van der Waals surface area (Å²) >= 11 is 4.66. The lowest BCUT2D eigenvalue weighted by Crippen LogP contribution is -2.42. The van der Waals surface area contributed by atoms with Gasteiger partial charge in [-0.2, -0.15) is 0 Å². The van der Waals surface area contributed by atoms with Crippen LogP contribution in [0.15, 0.2) is 9.85 Å². The van der Waals surface area contributed by atoms with Crippen molar-refractivity contribution >= 4 is 39.1 Å². The van der Waals surface area contributed by atoms with Crippen molar-refractivity contribution in [1.82, 2.24) is 5.32 Å². The Hall–Kier alpha value is -0.880. The second-order valence-electron chi connectivity index (χ2n) is 4.19. The number of halogens is 1. The van der Waals surface area contributed by atoms with Crippen LogP contribution in [-0.4, -0.2) is 23.0 Å². The van der Waals surface area contributed by atoms with Crippen molar-refractivity contribution in [2.45, 2.75) is 25.8 Å². The lowest BCUT2D eigenvalue weighted by atomic mass is 10.2. The zero-order valence-electron chi connectivity index (χ0n) is 9.20. The third-order valence-electron chi connectivity index (χ3n) is 2.73. The largest absolute Gasteiger partial charge is 0.480 e. The number of carboxylic acid groups (broad SMARTS) is 1. The summed E-state index contributed by atoms with van der Waals surface area (Å²) in [7, 11) is 0. The third kappa shape index (κ3) is 2.87. The summed E-state index contributed by atoms with van der Waals surface area (Å²) in [6.45, 7) is 1.90. The number of carbonyl (C=O) groups excluding carboxylic acids is 1. The second-order valence-corrected chi connectivity index (χ2v) is 6.56. The predicted molar refractivity (Wildman–Crippen MR) is 68.4 cm³/mol. The fraction of sp³-hybridized carbons (Fsp3) is 0.455. The molecule has 1 aliphatic rings. The van der Waals surface area contributed by atoms with Crippen LogP contribution in [0.3, 0.4) is 0 Å². The van der Waals surface area contributed by atoms with Crippen LogP contribution < -0.4 is 5.32 Å². The highest BCUT2D eigenvalue weighted by molar-refractivity contribution is 9.11. The number of aliphatic carboxylic acids is 1. The lowest BCUT2D eigenvalue weighted by Gasteiger charge is -2.12. The molecule has 6 heteroatoms. The number of aryl methyl sites for hydroxylation is 1. The van der Waals surface area contributed by atoms with Gasteiger partial charge in [0, 0.05) is 0 Å². The van der Waals surface area contributed by atoms with Crippen molar-refractivity contribution in [3.8, 4) is 0 Å². The van der Waals surface area contributed by atoms with Crippen molar-refractivity contribution in [2.24, 2.45) is 5.92 Å². The number of carboxylic acids is 1. The first kappa shape index (κ1) is 12.6. The molecule has 92 valence electrons. The van der Waals surface area contributed by atoms with Gasteiger partial charge in [-0.15, -0.1) is 11.3 Å². The Balaban J connectivity index is 2.07. The average molecular weight is 318 g/mol. The summed E-state index contributed by atoms with van der Waals surface area (Å²) < 4.78 is 0.904. The second kappa shape index (κ2) is 4.78. The minimum Gasteiger partial charge on any atom is -0.480 e. The van der Waals surface area contributed by atoms with Gasteiger partial charge in [0.2, 0.25) is 0 Å². The molecule has 1 amide bonds. The maximum Gasteiger partial charge on any atom is 0.326 e. The highest BCUT2D eigenvalue weighted by atomic mass is 79.9. The predicted octanol–water partition coefficient (Wildman–Crippen LogP) is 2.41. The number of carbonyl (C=O) groups is 2. The molecule has 17 heavy (non-hydrogen) atoms. The monoisotopic (exact) mass is 317 g/mol. The Kier molecular flexibility index (Phi) is 3.53. The summed E-state index contributed by atoms with van der Waals surface area (Å²) in [5.74, 6) is -1.16. The number of hydrogen-bond donors (Lipinski definition) is 2. The van der Waals surface area contributed by atoms with E-state index in [2.05, 4.69) is 21.2 Å². The molecule has 0 aliphatic heterocycles. The normalized spacial score (nSPS) is 16.6. The number of amides is 1. The number of rotatable bonds is 4. The van der Waals surface area contributed by atoms with Crippen LogP contribution >= 0.6 is 27.3 Å². The Morgan fingerprint density at radius 1 is 1.59 bits per heavy atom. The first-order valence-electron chi connectivity index (χ1n) is 5.28. The average Bonchev–Trinajstić information content (AvgIpc) is 3.02. The maximum atomic E-state index is 11.9. The number of hydrogen-bond acceptors (Lipinski definition) is 3. The van der Waals surface area contributed by atoms with E-state index in [1.165, 1.54) is 11.3 Å². The minimum absolute atomic E-state index is 0.0981. The van der Waals surface area contributed by atoms with E-state index in [0.717, 1.165) is 22.2 Å². The fourth-order valence-electron chi connectivity index (χ4n) is 1.59. The van der Waals surface area contributed by atoms with E-state index in [0.29, 0.717) is 4.88 Å². The molecule has 0 bridgehead atoms. The summed E-state index contributed by atoms with van der Waals surface area (Å²) in [6, 6.07) is 1.01. The molecule has 1 aliphatic carbocycles. The molecular weight excluding hydrogens is 306 g/mol. The lowest BCUT2D eigenvalue weighted by molar-refractivity contribution is -0.139. The van der Waals surface area contributed by atoms with Gasteiger partial charge in [-0.05, 0) is 53.2 Å². The molecule has 1 unspecified atom stereocenters. The molecule has 1 saturated carbocycles. The molecule has 1 aromatic heterocycles. The quantitative estimate of drug-likeness (QED) is 0.896. The standard InChI is InChI=1S/C11H12BrNO3S/c1-5-4-7(17-9(5)12)10(14)13-8(11(15)16)6-2-3-6/h4,6,8H,2-3H2,1H3,(H,13,14)(H,15,16). The Morgan fingerprint density at radius 2 is 2.24 bits per heavy atom. The van der Waals surface area contributed by atoms with Crippen molar-refractivity contribution < 1.29 is 14.7 Å². The molecule has 2 rings (SSSR count). The van der Waals surface area contributed by atoms with Gasteiger partial charge in [0.05, 0.1) is 8.66 Å². The molecule has 2 N–H and O–H groups in total. The maximum absolute atomic E-state index is 11.9. The molecule has 1 fully saturated rings. The van der Waals surface area contributed by atoms with Crippen LogP contribution in [0.2, 0.25) is 0 Å². The van der Waals surface area contributed by atoms with Crippen molar-refractivity contribution in [3.63, 3.8) is 0 Å². The first-order chi connectivity index (χ1) is 7.99. The van der Waals surface area contributed by atoms with Gasteiger partial charge in [-0.25, -0.2) is 4.79 Å². The summed E-state index contributed by atoms with van der Waals surface area (Å²) in [5.41, 5.74) is 0.985. The molecule has 0 spiro atoms. The topological polar surface area (TPSA) is 66.4 Å². The SMILES string of the molecule is Cc1cc(C(=O)NC(C(=O)O)C2CC2)sc1Br. The minimum atomic E-state index is -0.951. The molecule has 4 nitrogen and oxygen atoms in total. The number of thiophene rings is 1. The Morgan fingerprint density at radius 3 is 2.65 bits per heavy atom. The van der Waals surface area contributed by atoms with Crippen LogP contribution in [0, 0.1) is 12.8 Å². The van der Waals surface area contributed by atoms with Gasteiger partial charge in [-0.1, -0.05) is 0 Å². The fourth-order valence-corrected chi connectivity index (χ4v) is 3.03. The molecule has 1 atom stereocenters. The van der Waals surface area contributed by atoms with E-state index >= 15 is 0 Å². The van der Waals surface area contributed by atoms with E-state index in [4.69, 9.17) is 5.11 Å². The molecular formula is C11H12BrNO3S. The van der Waals surface area contributed by atoms with Crippen molar-refractivity contribution in [3.05, 3.63) is 20.3 Å². The highest BCUT2D eigenvalue weighted by Gasteiger charge is 2.37. The van der Waals surface area contributed by atoms with Crippen molar-refractivity contribution in [1.29, 1.82) is 0 Å². The molecule has 1 heterocycles. The van der Waals surface area contributed by atoms with Crippen LogP contribution in [0.1, 0.15) is 28.1 Å². The summed E-state index contributed by atoms with van der Waals surface area (Å²) in [5, 5.41) is 11.6. The molecule has 0 aromatic carbocycles. The molecule has 0 saturated heterocycles. The zero-order valence-corrected chi connectivity index (χ0v) is 11.6. The number of nitrogens with one attached hydrogen (secondary N) is 1. The van der Waals surface area contributed by atoms with Gasteiger partial charge in [-0.3, -0.25) is 4.79 Å². The Labute approximate surface area is 111 Å². The Bertz CT molecular complexity index is 448. The smallest absolute Gasteiger partial charge is 0.326 e. The zero-order chi connectivity index (χ0) is 12.6. The van der Waals surface area contributed by atoms with E-state index in [1.807, 2.05) is 6.92 Å². The van der Waals surface area contributed by atoms with Gasteiger partial charge < -0.3 is 10.4 Å². The van der Waals surface area contributed by atoms with Gasteiger partial charge >= 0.3 is 5.97 Å².